The number of hydrogen-bond donors (Lipinski definition) is 1. The first-order chi connectivity index (χ1) is 13.3. The number of likely N-dealkylation sites (tertiary alicyclic amines) is 1. The number of aromatic hydroxyl groups is 1. The largest absolute Gasteiger partial charge is 0.508 e. The highest BCUT2D eigenvalue weighted by atomic mass is 79.9. The molecular weight excluding hydrogens is 439 g/mol. The second kappa shape index (κ2) is 6.84. The number of phenolic OH excluding ortho intramolecular Hbond substituents is 1. The summed E-state index contributed by atoms with van der Waals surface area (Å²) < 4.78 is 44.0. The summed E-state index contributed by atoms with van der Waals surface area (Å²) >= 11 is 3.28. The lowest BCUT2D eigenvalue weighted by Gasteiger charge is -2.21. The minimum Gasteiger partial charge on any atom is -0.508 e. The zero-order chi connectivity index (χ0) is 20.1. The fraction of sp³-hybridized carbons (Fsp3) is 0.250. The van der Waals surface area contributed by atoms with Crippen LogP contribution in [0.15, 0.2) is 63.1 Å². The molecule has 1 fully saturated rings. The fourth-order valence-electron chi connectivity index (χ4n) is 3.77. The number of carbonyl (C=O) groups is 1. The molecule has 4 nitrogen and oxygen atoms in total. The number of alkyl halides is 3. The van der Waals surface area contributed by atoms with Gasteiger partial charge in [-0.1, -0.05) is 34.1 Å². The molecule has 1 amide bonds. The molecule has 1 aliphatic carbocycles. The average molecular weight is 454 g/mol. The molecule has 1 aromatic heterocycles. The maximum Gasteiger partial charge on any atom is 0.449 e. The highest BCUT2D eigenvalue weighted by Gasteiger charge is 2.46. The Labute approximate surface area is 167 Å². The van der Waals surface area contributed by atoms with Gasteiger partial charge < -0.3 is 14.4 Å². The number of allylic oxidation sites excluding steroid dienone is 4. The van der Waals surface area contributed by atoms with Gasteiger partial charge in [0.25, 0.3) is 0 Å². The van der Waals surface area contributed by atoms with Gasteiger partial charge >= 0.3 is 6.18 Å². The summed E-state index contributed by atoms with van der Waals surface area (Å²) in [4.78, 5) is 14.6. The molecule has 0 radical (unpaired) electrons. The Morgan fingerprint density at radius 2 is 2.04 bits per heavy atom. The number of rotatable bonds is 3. The zero-order valence-corrected chi connectivity index (χ0v) is 16.0. The average Bonchev–Trinajstić information content (AvgIpc) is 3.20. The van der Waals surface area contributed by atoms with Gasteiger partial charge in [0.15, 0.2) is 0 Å². The molecule has 2 unspecified atom stereocenters. The molecule has 4 rings (SSSR count). The zero-order valence-electron chi connectivity index (χ0n) is 14.4. The van der Waals surface area contributed by atoms with E-state index in [0.29, 0.717) is 22.2 Å². The van der Waals surface area contributed by atoms with Crippen LogP contribution in [0.3, 0.4) is 0 Å². The summed E-state index contributed by atoms with van der Waals surface area (Å²) in [6.07, 6.45) is 1.56. The van der Waals surface area contributed by atoms with Crippen LogP contribution in [-0.4, -0.2) is 15.9 Å². The number of hydrogen-bond acceptors (Lipinski definition) is 3. The van der Waals surface area contributed by atoms with E-state index in [4.69, 9.17) is 4.42 Å². The lowest BCUT2D eigenvalue weighted by molar-refractivity contribution is -0.153. The highest BCUT2D eigenvalue weighted by Crippen LogP contribution is 2.47. The van der Waals surface area contributed by atoms with Gasteiger partial charge in [0, 0.05) is 21.7 Å². The van der Waals surface area contributed by atoms with E-state index < -0.39 is 17.9 Å². The molecule has 1 aliphatic heterocycles. The predicted molar refractivity (Wildman–Crippen MR) is 98.1 cm³/mol. The second-order valence-corrected chi connectivity index (χ2v) is 7.65. The van der Waals surface area contributed by atoms with E-state index in [1.165, 1.54) is 17.0 Å². The van der Waals surface area contributed by atoms with Crippen LogP contribution in [0.5, 0.6) is 5.75 Å². The quantitative estimate of drug-likeness (QED) is 0.680. The van der Waals surface area contributed by atoms with E-state index in [0.717, 1.165) is 6.07 Å². The van der Waals surface area contributed by atoms with Crippen LogP contribution < -0.4 is 0 Å². The van der Waals surface area contributed by atoms with Crippen molar-refractivity contribution in [3.8, 4) is 5.75 Å². The minimum absolute atomic E-state index is 0.000773. The van der Waals surface area contributed by atoms with Gasteiger partial charge in [-0.2, -0.15) is 13.2 Å². The van der Waals surface area contributed by atoms with Crippen LogP contribution in [0.2, 0.25) is 0 Å². The smallest absolute Gasteiger partial charge is 0.449 e. The summed E-state index contributed by atoms with van der Waals surface area (Å²) in [5.74, 6) is -2.12. The molecule has 2 aliphatic rings. The minimum atomic E-state index is -4.58. The topological polar surface area (TPSA) is 53.7 Å². The number of carbonyl (C=O) groups excluding carboxylic acids is 1. The van der Waals surface area contributed by atoms with Crippen molar-refractivity contribution in [2.75, 3.05) is 0 Å². The van der Waals surface area contributed by atoms with Crippen molar-refractivity contribution < 1.29 is 27.5 Å². The highest BCUT2D eigenvalue weighted by molar-refractivity contribution is 9.10. The summed E-state index contributed by atoms with van der Waals surface area (Å²) in [6, 6.07) is 7.05. The number of benzene rings is 1. The van der Waals surface area contributed by atoms with E-state index in [2.05, 4.69) is 15.9 Å². The standard InChI is InChI=1S/C20H15BrF3NO3/c21-11-5-7-14(16(26)9-11)18-13-3-1-2-4-15(13)25(19(18)27)10-12-6-8-17(28-12)20(22,23)24/h1-2,4-9,13,18,26H,3,10H2. The van der Waals surface area contributed by atoms with Gasteiger partial charge in [-0.25, -0.2) is 0 Å². The molecule has 1 aromatic carbocycles. The monoisotopic (exact) mass is 453 g/mol. The van der Waals surface area contributed by atoms with Crippen molar-refractivity contribution in [3.05, 3.63) is 75.8 Å². The van der Waals surface area contributed by atoms with Crippen molar-refractivity contribution in [1.82, 2.24) is 4.90 Å². The molecule has 2 atom stereocenters. The first-order valence-electron chi connectivity index (χ1n) is 8.58. The number of fused-ring (bicyclic) bond motifs is 1. The molecule has 2 aromatic rings. The Hall–Kier alpha value is -2.48. The lowest BCUT2D eigenvalue weighted by Crippen LogP contribution is -2.25. The number of furan rings is 1. The van der Waals surface area contributed by atoms with Crippen molar-refractivity contribution >= 4 is 21.8 Å². The van der Waals surface area contributed by atoms with Gasteiger partial charge in [-0.15, -0.1) is 0 Å². The van der Waals surface area contributed by atoms with Gasteiger partial charge in [0.2, 0.25) is 11.7 Å². The molecule has 0 spiro atoms. The van der Waals surface area contributed by atoms with E-state index in [9.17, 15) is 23.1 Å². The summed E-state index contributed by atoms with van der Waals surface area (Å²) in [5, 5.41) is 10.3. The molecule has 8 heteroatoms. The molecular formula is C20H15BrF3NO3. The van der Waals surface area contributed by atoms with E-state index in [-0.39, 0.29) is 29.9 Å². The second-order valence-electron chi connectivity index (χ2n) is 6.73. The van der Waals surface area contributed by atoms with Crippen LogP contribution in [-0.2, 0) is 17.5 Å². The molecule has 1 N–H and O–H groups in total. The maximum absolute atomic E-state index is 13.2. The van der Waals surface area contributed by atoms with E-state index in [1.807, 2.05) is 12.2 Å². The SMILES string of the molecule is O=C1C(c2ccc(Br)cc2O)C2CC=CC=C2N1Cc1ccc(C(F)(F)F)o1. The lowest BCUT2D eigenvalue weighted by atomic mass is 9.83. The summed E-state index contributed by atoms with van der Waals surface area (Å²) in [5.41, 5.74) is 1.21. The van der Waals surface area contributed by atoms with Crippen molar-refractivity contribution in [2.24, 2.45) is 5.92 Å². The summed E-state index contributed by atoms with van der Waals surface area (Å²) in [7, 11) is 0. The Balaban J connectivity index is 1.68. The number of amides is 1. The summed E-state index contributed by atoms with van der Waals surface area (Å²) in [6.45, 7) is -0.0983. The molecule has 28 heavy (non-hydrogen) atoms. The van der Waals surface area contributed by atoms with Crippen LogP contribution in [0.1, 0.15) is 29.4 Å². The van der Waals surface area contributed by atoms with Crippen LogP contribution in [0.4, 0.5) is 13.2 Å². The van der Waals surface area contributed by atoms with Gasteiger partial charge in [-0.3, -0.25) is 4.79 Å². The first-order valence-corrected chi connectivity index (χ1v) is 9.37. The van der Waals surface area contributed by atoms with E-state index >= 15 is 0 Å². The number of phenols is 1. The third-order valence-electron chi connectivity index (χ3n) is 5.00. The molecule has 0 bridgehead atoms. The fourth-order valence-corrected chi connectivity index (χ4v) is 4.12. The van der Waals surface area contributed by atoms with Crippen LogP contribution >= 0.6 is 15.9 Å². The van der Waals surface area contributed by atoms with Crippen LogP contribution in [0.25, 0.3) is 0 Å². The Morgan fingerprint density at radius 3 is 2.71 bits per heavy atom. The normalized spacial score (nSPS) is 21.8. The number of halogens is 4. The van der Waals surface area contributed by atoms with Crippen molar-refractivity contribution in [2.45, 2.75) is 25.1 Å². The Morgan fingerprint density at radius 1 is 1.25 bits per heavy atom. The van der Waals surface area contributed by atoms with Gasteiger partial charge in [0.05, 0.1) is 12.5 Å². The van der Waals surface area contributed by atoms with Gasteiger partial charge in [0.1, 0.15) is 11.5 Å². The van der Waals surface area contributed by atoms with Crippen molar-refractivity contribution in [3.63, 3.8) is 0 Å². The molecule has 0 saturated carbocycles. The Kier molecular flexibility index (Phi) is 4.61. The maximum atomic E-state index is 13.2. The third kappa shape index (κ3) is 3.26. The Bertz CT molecular complexity index is 993. The molecule has 146 valence electrons. The van der Waals surface area contributed by atoms with Crippen molar-refractivity contribution in [1.29, 1.82) is 0 Å². The predicted octanol–water partition coefficient (Wildman–Crippen LogP) is 5.35. The molecule has 1 saturated heterocycles. The van der Waals surface area contributed by atoms with Gasteiger partial charge in [-0.05, 0) is 36.8 Å². The third-order valence-corrected chi connectivity index (χ3v) is 5.49. The molecule has 2 heterocycles. The first kappa shape index (κ1) is 18.9. The van der Waals surface area contributed by atoms with Crippen LogP contribution in [0, 0.1) is 5.92 Å². The van der Waals surface area contributed by atoms with E-state index in [1.54, 1.807) is 18.2 Å². The number of nitrogens with zero attached hydrogens (tertiary/aromatic N) is 1.